The van der Waals surface area contributed by atoms with E-state index in [0.717, 1.165) is 12.1 Å². The van der Waals surface area contributed by atoms with Gasteiger partial charge >= 0.3 is 0 Å². The van der Waals surface area contributed by atoms with Gasteiger partial charge in [0.2, 0.25) is 0 Å². The average Bonchev–Trinajstić information content (AvgIpc) is 2.32. The molecule has 0 spiro atoms. The third kappa shape index (κ3) is 2.61. The van der Waals surface area contributed by atoms with Gasteiger partial charge in [0.05, 0.1) is 5.02 Å². The van der Waals surface area contributed by atoms with Gasteiger partial charge in [-0.2, -0.15) is 0 Å². The van der Waals surface area contributed by atoms with Crippen LogP contribution in [0.2, 0.25) is 5.02 Å². The number of benzene rings is 2. The molecule has 0 amide bonds. The molecular formula is C13H8ClF3. The topological polar surface area (TPSA) is 0 Å². The molecule has 1 atom stereocenters. The van der Waals surface area contributed by atoms with Crippen molar-refractivity contribution in [3.8, 4) is 0 Å². The summed E-state index contributed by atoms with van der Waals surface area (Å²) in [6.07, 6.45) is -1.57. The van der Waals surface area contributed by atoms with Crippen LogP contribution in [0.25, 0.3) is 0 Å². The molecule has 0 saturated carbocycles. The molecular weight excluding hydrogens is 249 g/mol. The lowest BCUT2D eigenvalue weighted by Crippen LogP contribution is -1.96. The van der Waals surface area contributed by atoms with Crippen LogP contribution in [-0.2, 0) is 0 Å². The van der Waals surface area contributed by atoms with Gasteiger partial charge in [0.1, 0.15) is 11.6 Å². The van der Waals surface area contributed by atoms with E-state index in [9.17, 15) is 13.2 Å². The molecule has 2 aromatic carbocycles. The van der Waals surface area contributed by atoms with Crippen LogP contribution < -0.4 is 0 Å². The zero-order valence-electron chi connectivity index (χ0n) is 8.63. The van der Waals surface area contributed by atoms with Crippen molar-refractivity contribution in [3.63, 3.8) is 0 Å². The summed E-state index contributed by atoms with van der Waals surface area (Å²) >= 11 is 5.50. The Morgan fingerprint density at radius 1 is 0.941 bits per heavy atom. The summed E-state index contributed by atoms with van der Waals surface area (Å²) in [6, 6.07) is 8.82. The molecule has 0 radical (unpaired) electrons. The minimum absolute atomic E-state index is 0.0693. The molecule has 88 valence electrons. The lowest BCUT2D eigenvalue weighted by molar-refractivity contribution is 0.398. The van der Waals surface area contributed by atoms with Crippen LogP contribution in [0.5, 0.6) is 0 Å². The summed E-state index contributed by atoms with van der Waals surface area (Å²) in [4.78, 5) is 0. The summed E-state index contributed by atoms with van der Waals surface area (Å²) in [5.41, 5.74) is 0.254. The van der Waals surface area contributed by atoms with Crippen molar-refractivity contribution in [3.05, 3.63) is 70.2 Å². The fourth-order valence-corrected chi connectivity index (χ4v) is 1.64. The molecule has 0 unspecified atom stereocenters. The highest BCUT2D eigenvalue weighted by Gasteiger charge is 2.14. The van der Waals surface area contributed by atoms with Gasteiger partial charge < -0.3 is 0 Å². The Morgan fingerprint density at radius 3 is 2.29 bits per heavy atom. The molecule has 0 aliphatic carbocycles. The van der Waals surface area contributed by atoms with Crippen molar-refractivity contribution in [2.24, 2.45) is 0 Å². The largest absolute Gasteiger partial charge is 0.237 e. The number of halogens is 4. The van der Waals surface area contributed by atoms with E-state index in [-0.39, 0.29) is 16.1 Å². The molecule has 0 saturated heterocycles. The molecule has 17 heavy (non-hydrogen) atoms. The Hall–Kier alpha value is -1.48. The fraction of sp³-hybridized carbons (Fsp3) is 0.0769. The maximum absolute atomic E-state index is 14.0. The van der Waals surface area contributed by atoms with Gasteiger partial charge in [0.15, 0.2) is 6.17 Å². The predicted molar refractivity (Wildman–Crippen MR) is 60.8 cm³/mol. The molecule has 2 rings (SSSR count). The van der Waals surface area contributed by atoms with Crippen LogP contribution in [0.1, 0.15) is 17.3 Å². The SMILES string of the molecule is Fc1cccc([C@H](F)c2ccc(Cl)c(F)c2)c1. The van der Waals surface area contributed by atoms with Crippen LogP contribution in [0.3, 0.4) is 0 Å². The smallest absolute Gasteiger partial charge is 0.150 e. The van der Waals surface area contributed by atoms with E-state index >= 15 is 0 Å². The lowest BCUT2D eigenvalue weighted by atomic mass is 10.0. The third-order valence-corrected chi connectivity index (χ3v) is 2.68. The molecule has 0 bridgehead atoms. The van der Waals surface area contributed by atoms with Crippen LogP contribution in [0.4, 0.5) is 13.2 Å². The predicted octanol–water partition coefficient (Wildman–Crippen LogP) is 4.68. The number of alkyl halides is 1. The molecule has 4 heteroatoms. The first-order valence-corrected chi connectivity index (χ1v) is 5.30. The molecule has 0 nitrogen and oxygen atoms in total. The highest BCUT2D eigenvalue weighted by atomic mass is 35.5. The van der Waals surface area contributed by atoms with Crippen molar-refractivity contribution in [1.82, 2.24) is 0 Å². The lowest BCUT2D eigenvalue weighted by Gasteiger charge is -2.09. The maximum Gasteiger partial charge on any atom is 0.150 e. The summed E-state index contributed by atoms with van der Waals surface area (Å²) in [5.74, 6) is -1.22. The number of hydrogen-bond donors (Lipinski definition) is 0. The normalized spacial score (nSPS) is 12.5. The monoisotopic (exact) mass is 256 g/mol. The van der Waals surface area contributed by atoms with Crippen molar-refractivity contribution >= 4 is 11.6 Å². The molecule has 0 aromatic heterocycles. The molecule has 0 aliphatic heterocycles. The zero-order chi connectivity index (χ0) is 12.4. The average molecular weight is 257 g/mol. The van der Waals surface area contributed by atoms with Gasteiger partial charge in [-0.05, 0) is 35.4 Å². The van der Waals surface area contributed by atoms with Crippen LogP contribution in [0.15, 0.2) is 42.5 Å². The van der Waals surface area contributed by atoms with Gasteiger partial charge in [-0.3, -0.25) is 0 Å². The molecule has 0 aliphatic rings. The maximum atomic E-state index is 14.0. The molecule has 0 fully saturated rings. The van der Waals surface area contributed by atoms with Crippen molar-refractivity contribution < 1.29 is 13.2 Å². The minimum atomic E-state index is -1.57. The third-order valence-electron chi connectivity index (χ3n) is 2.38. The standard InChI is InChI=1S/C13H8ClF3/c14-11-5-4-9(7-12(11)16)13(17)8-2-1-3-10(15)6-8/h1-7,13H/t13-/m0/s1. The first-order valence-electron chi connectivity index (χ1n) is 4.92. The van der Waals surface area contributed by atoms with E-state index < -0.39 is 17.8 Å². The second-order valence-electron chi connectivity index (χ2n) is 3.59. The minimum Gasteiger partial charge on any atom is -0.237 e. The molecule has 2 aromatic rings. The van der Waals surface area contributed by atoms with E-state index in [0.29, 0.717) is 0 Å². The van der Waals surface area contributed by atoms with Gasteiger partial charge in [-0.25, -0.2) is 13.2 Å². The Bertz CT molecular complexity index is 540. The first kappa shape index (κ1) is 12.0. The first-order chi connectivity index (χ1) is 8.08. The van der Waals surface area contributed by atoms with Gasteiger partial charge in [0.25, 0.3) is 0 Å². The van der Waals surface area contributed by atoms with E-state index in [1.54, 1.807) is 0 Å². The van der Waals surface area contributed by atoms with E-state index in [1.165, 1.54) is 30.3 Å². The van der Waals surface area contributed by atoms with E-state index in [1.807, 2.05) is 0 Å². The van der Waals surface area contributed by atoms with Gasteiger partial charge in [-0.1, -0.05) is 29.8 Å². The molecule has 0 N–H and O–H groups in total. The van der Waals surface area contributed by atoms with Crippen molar-refractivity contribution in [2.75, 3.05) is 0 Å². The number of rotatable bonds is 2. The van der Waals surface area contributed by atoms with Crippen LogP contribution in [0, 0.1) is 11.6 Å². The van der Waals surface area contributed by atoms with Crippen LogP contribution in [-0.4, -0.2) is 0 Å². The number of hydrogen-bond acceptors (Lipinski definition) is 0. The van der Waals surface area contributed by atoms with Crippen LogP contribution >= 0.6 is 11.6 Å². The summed E-state index contributed by atoms with van der Waals surface area (Å²) in [7, 11) is 0. The highest BCUT2D eigenvalue weighted by molar-refractivity contribution is 6.30. The summed E-state index contributed by atoms with van der Waals surface area (Å²) < 4.78 is 40.1. The van der Waals surface area contributed by atoms with Gasteiger partial charge in [0, 0.05) is 0 Å². The van der Waals surface area contributed by atoms with Crippen molar-refractivity contribution in [2.45, 2.75) is 6.17 Å². The van der Waals surface area contributed by atoms with E-state index in [4.69, 9.17) is 11.6 Å². The summed E-state index contributed by atoms with van der Waals surface area (Å²) in [5, 5.41) is -0.0693. The zero-order valence-corrected chi connectivity index (χ0v) is 9.39. The van der Waals surface area contributed by atoms with Crippen molar-refractivity contribution in [1.29, 1.82) is 0 Å². The summed E-state index contributed by atoms with van der Waals surface area (Å²) in [6.45, 7) is 0. The fourth-order valence-electron chi connectivity index (χ4n) is 1.53. The Balaban J connectivity index is 2.36. The Kier molecular flexibility index (Phi) is 3.38. The quantitative estimate of drug-likeness (QED) is 0.732. The molecule has 0 heterocycles. The Labute approximate surface area is 102 Å². The highest BCUT2D eigenvalue weighted by Crippen LogP contribution is 2.28. The van der Waals surface area contributed by atoms with Gasteiger partial charge in [-0.15, -0.1) is 0 Å². The second kappa shape index (κ2) is 4.80. The Morgan fingerprint density at radius 2 is 1.65 bits per heavy atom. The second-order valence-corrected chi connectivity index (χ2v) is 4.00. The van der Waals surface area contributed by atoms with E-state index in [2.05, 4.69) is 0 Å².